The Morgan fingerprint density at radius 1 is 0.742 bits per heavy atom. The second kappa shape index (κ2) is 14.0. The quantitative estimate of drug-likeness (QED) is 0.466. The van der Waals surface area contributed by atoms with Gasteiger partial charge in [0, 0.05) is 5.56 Å². The van der Waals surface area contributed by atoms with E-state index >= 15 is 0 Å². The Kier molecular flexibility index (Phi) is 11.3. The zero-order chi connectivity index (χ0) is 23.1. The van der Waals surface area contributed by atoms with Gasteiger partial charge in [-0.05, 0) is 42.0 Å². The van der Waals surface area contributed by atoms with Crippen molar-refractivity contribution >= 4 is 35.7 Å². The minimum atomic E-state index is 0.308. The molecule has 0 heterocycles. The fourth-order valence-corrected chi connectivity index (χ4v) is 3.01. The Hall–Kier alpha value is -4.04. The summed E-state index contributed by atoms with van der Waals surface area (Å²) >= 11 is 0. The smallest absolute Gasteiger partial charge is 0.211 e. The van der Waals surface area contributed by atoms with Crippen LogP contribution in [0.5, 0.6) is 0 Å². The maximum absolute atomic E-state index is 10.5. The number of isocyanates is 4. The van der Waals surface area contributed by atoms with Crippen molar-refractivity contribution in [3.63, 3.8) is 0 Å². The summed E-state index contributed by atoms with van der Waals surface area (Å²) in [7, 11) is 0. The Morgan fingerprint density at radius 3 is 1.74 bits per heavy atom. The van der Waals surface area contributed by atoms with E-state index < -0.39 is 0 Å². The zero-order valence-electron chi connectivity index (χ0n) is 17.6. The van der Waals surface area contributed by atoms with E-state index in [2.05, 4.69) is 20.0 Å². The second-order valence-corrected chi connectivity index (χ2v) is 6.28. The highest BCUT2D eigenvalue weighted by Gasteiger charge is 2.13. The lowest BCUT2D eigenvalue weighted by molar-refractivity contribution is 0.562. The van der Waals surface area contributed by atoms with Gasteiger partial charge < -0.3 is 0 Å². The molecular formula is C23H22N4O4. The molecule has 2 aromatic rings. The number of rotatable bonds is 8. The van der Waals surface area contributed by atoms with Crippen LogP contribution < -0.4 is 0 Å². The average molecular weight is 418 g/mol. The number of aliphatic imine (C=N–C) groups is 4. The summed E-state index contributed by atoms with van der Waals surface area (Å²) in [5.74, 6) is 0. The zero-order valence-corrected chi connectivity index (χ0v) is 17.6. The maximum atomic E-state index is 10.5. The van der Waals surface area contributed by atoms with Crippen molar-refractivity contribution in [2.75, 3.05) is 0 Å². The average Bonchev–Trinajstić information content (AvgIpc) is 2.79. The van der Waals surface area contributed by atoms with Crippen LogP contribution in [0.25, 0.3) is 0 Å². The van der Waals surface area contributed by atoms with Crippen LogP contribution in [0, 0.1) is 6.92 Å². The van der Waals surface area contributed by atoms with Crippen LogP contribution in [0.2, 0.25) is 0 Å². The van der Waals surface area contributed by atoms with Gasteiger partial charge in [0.1, 0.15) is 0 Å². The van der Waals surface area contributed by atoms with Crippen molar-refractivity contribution in [2.24, 2.45) is 20.0 Å². The van der Waals surface area contributed by atoms with E-state index in [0.717, 1.165) is 34.2 Å². The van der Waals surface area contributed by atoms with Crippen molar-refractivity contribution in [1.82, 2.24) is 0 Å². The molecule has 158 valence electrons. The molecule has 31 heavy (non-hydrogen) atoms. The molecule has 8 heteroatoms. The summed E-state index contributed by atoms with van der Waals surface area (Å²) in [6, 6.07) is 9.24. The molecule has 0 amide bonds. The lowest BCUT2D eigenvalue weighted by atomic mass is 9.97. The predicted molar refractivity (Wildman–Crippen MR) is 116 cm³/mol. The van der Waals surface area contributed by atoms with E-state index in [9.17, 15) is 19.2 Å². The van der Waals surface area contributed by atoms with Gasteiger partial charge in [-0.3, -0.25) is 0 Å². The molecule has 0 atom stereocenters. The van der Waals surface area contributed by atoms with Gasteiger partial charge in [0.2, 0.25) is 24.3 Å². The predicted octanol–water partition coefficient (Wildman–Crippen LogP) is 4.41. The van der Waals surface area contributed by atoms with Crippen molar-refractivity contribution in [2.45, 2.75) is 46.7 Å². The molecule has 2 aromatic carbocycles. The Labute approximate surface area is 180 Å². The van der Waals surface area contributed by atoms with Gasteiger partial charge in [-0.1, -0.05) is 44.2 Å². The molecular weight excluding hydrogens is 396 g/mol. The maximum Gasteiger partial charge on any atom is 0.240 e. The molecule has 0 saturated carbocycles. The highest BCUT2D eigenvalue weighted by molar-refractivity contribution is 5.71. The summed E-state index contributed by atoms with van der Waals surface area (Å²) in [6.07, 6.45) is 7.45. The van der Waals surface area contributed by atoms with E-state index in [1.807, 2.05) is 51.1 Å². The van der Waals surface area contributed by atoms with Crippen LogP contribution in [0.3, 0.4) is 0 Å². The first kappa shape index (κ1) is 25.0. The molecule has 0 aliphatic carbocycles. The summed E-state index contributed by atoms with van der Waals surface area (Å²) < 4.78 is 0. The molecule has 0 radical (unpaired) electrons. The third kappa shape index (κ3) is 7.71. The van der Waals surface area contributed by atoms with Gasteiger partial charge in [-0.2, -0.15) is 9.98 Å². The molecule has 2 rings (SSSR count). The molecule has 0 fully saturated rings. The van der Waals surface area contributed by atoms with Gasteiger partial charge in [-0.15, -0.1) is 0 Å². The Balaban J connectivity index is 0.000000316. The van der Waals surface area contributed by atoms with Crippen LogP contribution in [0.1, 0.15) is 41.7 Å². The SMILES string of the molecule is CCc1cc(C)c(N=C=O)c(CC)c1N=C=O.O=C=NCc1cccc(CN=C=O)c1. The van der Waals surface area contributed by atoms with Crippen LogP contribution in [-0.4, -0.2) is 24.3 Å². The van der Waals surface area contributed by atoms with Crippen LogP contribution >= 0.6 is 0 Å². The van der Waals surface area contributed by atoms with E-state index in [1.165, 1.54) is 12.2 Å². The molecule has 8 nitrogen and oxygen atoms in total. The molecule has 0 aromatic heterocycles. The molecule has 0 N–H and O–H groups in total. The molecule has 0 aliphatic rings. The number of hydrogen-bond acceptors (Lipinski definition) is 8. The van der Waals surface area contributed by atoms with E-state index in [0.29, 0.717) is 30.9 Å². The van der Waals surface area contributed by atoms with E-state index in [1.54, 1.807) is 12.2 Å². The summed E-state index contributed by atoms with van der Waals surface area (Å²) in [5, 5.41) is 0. The standard InChI is InChI=1S/C13H14N2O2.C10H8N2O2/c1-4-10-6-9(3)12(14-7-16)11(5-2)13(10)15-8-17;13-7-11-5-9-2-1-3-10(4-9)6-12-8-14/h6H,4-5H2,1-3H3;1-4H,5-6H2. The van der Waals surface area contributed by atoms with E-state index in [4.69, 9.17) is 0 Å². The second-order valence-electron chi connectivity index (χ2n) is 6.28. The van der Waals surface area contributed by atoms with Crippen LogP contribution in [0.15, 0.2) is 50.3 Å². The number of benzene rings is 2. The van der Waals surface area contributed by atoms with Gasteiger partial charge in [0.05, 0.1) is 24.5 Å². The third-order valence-corrected chi connectivity index (χ3v) is 4.33. The normalized spacial score (nSPS) is 9.00. The summed E-state index contributed by atoms with van der Waals surface area (Å²) in [4.78, 5) is 55.0. The highest BCUT2D eigenvalue weighted by atomic mass is 16.1. The lowest BCUT2D eigenvalue weighted by Crippen LogP contribution is -1.93. The van der Waals surface area contributed by atoms with Gasteiger partial charge in [0.25, 0.3) is 0 Å². The van der Waals surface area contributed by atoms with Crippen molar-refractivity contribution in [1.29, 1.82) is 0 Å². The molecule has 0 aliphatic heterocycles. The molecule has 0 bridgehead atoms. The van der Waals surface area contributed by atoms with Gasteiger partial charge in [0.15, 0.2) is 0 Å². The minimum absolute atomic E-state index is 0.308. The first-order chi connectivity index (χ1) is 15.1. The largest absolute Gasteiger partial charge is 0.240 e. The molecule has 0 spiro atoms. The summed E-state index contributed by atoms with van der Waals surface area (Å²) in [5.41, 5.74) is 5.60. The first-order valence-electron chi connectivity index (χ1n) is 9.52. The van der Waals surface area contributed by atoms with Gasteiger partial charge >= 0.3 is 0 Å². The molecule has 0 unspecified atom stereocenters. The fraction of sp³-hybridized carbons (Fsp3) is 0.304. The lowest BCUT2D eigenvalue weighted by Gasteiger charge is -2.12. The van der Waals surface area contributed by atoms with Crippen molar-refractivity contribution in [3.05, 3.63) is 58.1 Å². The number of hydrogen-bond donors (Lipinski definition) is 0. The number of aryl methyl sites for hydroxylation is 2. The van der Waals surface area contributed by atoms with Crippen LogP contribution in [-0.2, 0) is 45.1 Å². The number of carbonyl (C=O) groups excluding carboxylic acids is 4. The summed E-state index contributed by atoms with van der Waals surface area (Å²) in [6.45, 7) is 6.41. The Bertz CT molecular complexity index is 1070. The fourth-order valence-electron chi connectivity index (χ4n) is 3.01. The van der Waals surface area contributed by atoms with Crippen molar-refractivity contribution in [3.8, 4) is 0 Å². The Morgan fingerprint density at radius 2 is 1.29 bits per heavy atom. The molecule has 0 saturated heterocycles. The van der Waals surface area contributed by atoms with Gasteiger partial charge in [-0.25, -0.2) is 29.2 Å². The third-order valence-electron chi connectivity index (χ3n) is 4.33. The van der Waals surface area contributed by atoms with Crippen LogP contribution in [0.4, 0.5) is 11.4 Å². The number of nitrogens with zero attached hydrogens (tertiary/aromatic N) is 4. The highest BCUT2D eigenvalue weighted by Crippen LogP contribution is 2.36. The van der Waals surface area contributed by atoms with E-state index in [-0.39, 0.29) is 0 Å². The first-order valence-corrected chi connectivity index (χ1v) is 9.52. The monoisotopic (exact) mass is 418 g/mol. The van der Waals surface area contributed by atoms with Crippen molar-refractivity contribution < 1.29 is 19.2 Å². The minimum Gasteiger partial charge on any atom is -0.211 e. The topological polar surface area (TPSA) is 118 Å².